The number of aryl methyl sites for hydroxylation is 2. The molecule has 0 radical (unpaired) electrons. The highest BCUT2D eigenvalue weighted by molar-refractivity contribution is 7.12. The molecule has 0 aliphatic heterocycles. The average Bonchev–Trinajstić information content (AvgIpc) is 2.97. The predicted molar refractivity (Wildman–Crippen MR) is 70.3 cm³/mol. The first kappa shape index (κ1) is 12.3. The van der Waals surface area contributed by atoms with Gasteiger partial charge in [-0.1, -0.05) is 13.8 Å². The van der Waals surface area contributed by atoms with Crippen LogP contribution in [0.2, 0.25) is 0 Å². The molecule has 0 spiro atoms. The van der Waals surface area contributed by atoms with E-state index in [1.165, 1.54) is 4.88 Å². The molecule has 3 nitrogen and oxygen atoms in total. The summed E-state index contributed by atoms with van der Waals surface area (Å²) in [4.78, 5) is 2.30. The molecule has 0 aliphatic rings. The maximum Gasteiger partial charge on any atom is 0.116 e. The number of aromatic nitrogens is 2. The van der Waals surface area contributed by atoms with E-state index in [0.29, 0.717) is 0 Å². The molecule has 0 amide bonds. The van der Waals surface area contributed by atoms with Crippen molar-refractivity contribution in [3.8, 4) is 0 Å². The summed E-state index contributed by atoms with van der Waals surface area (Å²) in [6, 6.07) is 4.09. The zero-order valence-corrected chi connectivity index (χ0v) is 11.1. The van der Waals surface area contributed by atoms with Crippen LogP contribution in [0.1, 0.15) is 41.7 Å². The standard InChI is InChI=1S/C13H18N2OS/c1-3-7-15-9-10(8-14-15)13(16)12-6-5-11(4-2)17-12/h5-6,8-9,13,16H,3-4,7H2,1-2H3. The van der Waals surface area contributed by atoms with Crippen LogP contribution in [0.5, 0.6) is 0 Å². The minimum Gasteiger partial charge on any atom is -0.383 e. The highest BCUT2D eigenvalue weighted by Gasteiger charge is 2.14. The quantitative estimate of drug-likeness (QED) is 0.886. The van der Waals surface area contributed by atoms with Gasteiger partial charge in [0, 0.05) is 28.1 Å². The molecule has 0 aromatic carbocycles. The van der Waals surface area contributed by atoms with E-state index < -0.39 is 6.10 Å². The van der Waals surface area contributed by atoms with Gasteiger partial charge in [0.2, 0.25) is 0 Å². The Bertz CT molecular complexity index is 475. The molecule has 0 bridgehead atoms. The summed E-state index contributed by atoms with van der Waals surface area (Å²) < 4.78 is 1.88. The number of aliphatic hydroxyl groups is 1. The lowest BCUT2D eigenvalue weighted by Crippen LogP contribution is -1.97. The molecule has 0 aliphatic carbocycles. The zero-order chi connectivity index (χ0) is 12.3. The molecule has 1 N–H and O–H groups in total. The van der Waals surface area contributed by atoms with Crippen molar-refractivity contribution in [2.45, 2.75) is 39.3 Å². The van der Waals surface area contributed by atoms with Crippen molar-refractivity contribution in [2.24, 2.45) is 0 Å². The Morgan fingerprint density at radius 3 is 2.88 bits per heavy atom. The largest absolute Gasteiger partial charge is 0.383 e. The number of hydrogen-bond donors (Lipinski definition) is 1. The molecular formula is C13H18N2OS. The normalized spacial score (nSPS) is 12.9. The lowest BCUT2D eigenvalue weighted by molar-refractivity contribution is 0.224. The number of aliphatic hydroxyl groups excluding tert-OH is 1. The molecule has 92 valence electrons. The van der Waals surface area contributed by atoms with Crippen LogP contribution in [0, 0.1) is 0 Å². The fourth-order valence-electron chi connectivity index (χ4n) is 1.77. The van der Waals surface area contributed by atoms with Gasteiger partial charge in [-0.2, -0.15) is 5.10 Å². The van der Waals surface area contributed by atoms with Crippen molar-refractivity contribution in [1.82, 2.24) is 9.78 Å². The van der Waals surface area contributed by atoms with Crippen molar-refractivity contribution in [3.63, 3.8) is 0 Å². The minimum absolute atomic E-state index is 0.536. The molecule has 0 fully saturated rings. The maximum absolute atomic E-state index is 10.2. The number of rotatable bonds is 5. The Kier molecular flexibility index (Phi) is 3.97. The van der Waals surface area contributed by atoms with E-state index in [0.717, 1.165) is 29.8 Å². The first-order valence-corrected chi connectivity index (χ1v) is 6.85. The second-order valence-electron chi connectivity index (χ2n) is 4.10. The highest BCUT2D eigenvalue weighted by atomic mass is 32.1. The van der Waals surface area contributed by atoms with Crippen LogP contribution in [0.25, 0.3) is 0 Å². The number of nitrogens with zero attached hydrogens (tertiary/aromatic N) is 2. The van der Waals surface area contributed by atoms with Crippen molar-refractivity contribution in [2.75, 3.05) is 0 Å². The van der Waals surface area contributed by atoms with Gasteiger partial charge in [-0.3, -0.25) is 4.68 Å². The Morgan fingerprint density at radius 1 is 1.41 bits per heavy atom. The van der Waals surface area contributed by atoms with E-state index in [2.05, 4.69) is 25.0 Å². The smallest absolute Gasteiger partial charge is 0.116 e. The second kappa shape index (κ2) is 5.47. The molecule has 0 saturated heterocycles. The molecule has 1 atom stereocenters. The molecule has 4 heteroatoms. The molecule has 17 heavy (non-hydrogen) atoms. The van der Waals surface area contributed by atoms with Crippen molar-refractivity contribution in [1.29, 1.82) is 0 Å². The Labute approximate surface area is 106 Å². The molecule has 2 aromatic rings. The van der Waals surface area contributed by atoms with Gasteiger partial charge in [0.15, 0.2) is 0 Å². The fourth-order valence-corrected chi connectivity index (χ4v) is 2.73. The van der Waals surface area contributed by atoms with Gasteiger partial charge in [0.05, 0.1) is 6.20 Å². The van der Waals surface area contributed by atoms with E-state index in [4.69, 9.17) is 0 Å². The monoisotopic (exact) mass is 250 g/mol. The lowest BCUT2D eigenvalue weighted by atomic mass is 10.2. The van der Waals surface area contributed by atoms with E-state index in [9.17, 15) is 5.11 Å². The van der Waals surface area contributed by atoms with Gasteiger partial charge in [-0.15, -0.1) is 11.3 Å². The number of thiophene rings is 1. The Balaban J connectivity index is 2.14. The van der Waals surface area contributed by atoms with Crippen LogP contribution in [-0.2, 0) is 13.0 Å². The van der Waals surface area contributed by atoms with Crippen LogP contribution in [-0.4, -0.2) is 14.9 Å². The van der Waals surface area contributed by atoms with E-state index in [1.54, 1.807) is 17.5 Å². The van der Waals surface area contributed by atoms with Crippen LogP contribution in [0.3, 0.4) is 0 Å². The first-order chi connectivity index (χ1) is 8.24. The summed E-state index contributed by atoms with van der Waals surface area (Å²) in [5.41, 5.74) is 0.878. The molecule has 1 unspecified atom stereocenters. The second-order valence-corrected chi connectivity index (χ2v) is 5.30. The van der Waals surface area contributed by atoms with Crippen LogP contribution in [0.4, 0.5) is 0 Å². The van der Waals surface area contributed by atoms with Crippen LogP contribution >= 0.6 is 11.3 Å². The first-order valence-electron chi connectivity index (χ1n) is 6.03. The van der Waals surface area contributed by atoms with E-state index in [1.807, 2.05) is 16.9 Å². The Morgan fingerprint density at radius 2 is 2.24 bits per heavy atom. The topological polar surface area (TPSA) is 38.0 Å². The molecule has 2 rings (SSSR count). The van der Waals surface area contributed by atoms with Gasteiger partial charge in [-0.25, -0.2) is 0 Å². The molecule has 2 aromatic heterocycles. The van der Waals surface area contributed by atoms with Gasteiger partial charge in [0.25, 0.3) is 0 Å². The molecule has 2 heterocycles. The van der Waals surface area contributed by atoms with Gasteiger partial charge < -0.3 is 5.11 Å². The minimum atomic E-state index is -0.536. The number of hydrogen-bond acceptors (Lipinski definition) is 3. The summed E-state index contributed by atoms with van der Waals surface area (Å²) in [6.07, 6.45) is 5.22. The van der Waals surface area contributed by atoms with Crippen LogP contribution in [0.15, 0.2) is 24.5 Å². The van der Waals surface area contributed by atoms with Gasteiger partial charge in [0.1, 0.15) is 6.10 Å². The van der Waals surface area contributed by atoms with E-state index >= 15 is 0 Å². The van der Waals surface area contributed by atoms with Crippen LogP contribution < -0.4 is 0 Å². The Hall–Kier alpha value is -1.13. The summed E-state index contributed by atoms with van der Waals surface area (Å²) in [6.45, 7) is 5.14. The SMILES string of the molecule is CCCn1cc(C(O)c2ccc(CC)s2)cn1. The summed E-state index contributed by atoms with van der Waals surface area (Å²) in [5.74, 6) is 0. The summed E-state index contributed by atoms with van der Waals surface area (Å²) in [7, 11) is 0. The van der Waals surface area contributed by atoms with E-state index in [-0.39, 0.29) is 0 Å². The lowest BCUT2D eigenvalue weighted by Gasteiger charge is -2.04. The summed E-state index contributed by atoms with van der Waals surface area (Å²) >= 11 is 1.67. The molecule has 0 saturated carbocycles. The maximum atomic E-state index is 10.2. The summed E-state index contributed by atoms with van der Waals surface area (Å²) in [5, 5.41) is 14.5. The predicted octanol–water partition coefficient (Wildman–Crippen LogP) is 3.00. The third-order valence-electron chi connectivity index (χ3n) is 2.72. The molecular weight excluding hydrogens is 232 g/mol. The van der Waals surface area contributed by atoms with Crippen molar-refractivity contribution in [3.05, 3.63) is 39.8 Å². The average molecular weight is 250 g/mol. The third-order valence-corrected chi connectivity index (χ3v) is 4.00. The highest BCUT2D eigenvalue weighted by Crippen LogP contribution is 2.28. The van der Waals surface area contributed by atoms with Crippen molar-refractivity contribution < 1.29 is 5.11 Å². The van der Waals surface area contributed by atoms with Gasteiger partial charge in [-0.05, 0) is 25.0 Å². The zero-order valence-electron chi connectivity index (χ0n) is 10.3. The third kappa shape index (κ3) is 2.76. The van der Waals surface area contributed by atoms with Crippen molar-refractivity contribution >= 4 is 11.3 Å². The van der Waals surface area contributed by atoms with Gasteiger partial charge >= 0.3 is 0 Å². The fraction of sp³-hybridized carbons (Fsp3) is 0.462.